The zero-order valence-electron chi connectivity index (χ0n) is 4.63. The number of carbonyl (C=O) groups excluding carboxylic acids is 1. The predicted molar refractivity (Wildman–Crippen MR) is 36.8 cm³/mol. The van der Waals surface area contributed by atoms with Crippen LogP contribution >= 0.6 is 12.6 Å². The minimum Gasteiger partial charge on any atom is -0.321 e. The minimum absolute atomic E-state index is 0.209. The monoisotopic (exact) mass is 132 g/mol. The van der Waals surface area contributed by atoms with E-state index in [0.29, 0.717) is 12.2 Å². The molecule has 0 aliphatic carbocycles. The Morgan fingerprint density at radius 1 is 1.88 bits per heavy atom. The maximum Gasteiger partial charge on any atom is 0.149 e. The molecule has 2 N–H and O–H groups in total. The number of hydrogen-bond donors (Lipinski definition) is 2. The molecule has 0 bridgehead atoms. The van der Waals surface area contributed by atoms with E-state index in [4.69, 9.17) is 5.73 Å². The summed E-state index contributed by atoms with van der Waals surface area (Å²) in [4.78, 5) is 10.3. The number of carbonyl (C=O) groups is 1. The van der Waals surface area contributed by atoms with Gasteiger partial charge < -0.3 is 5.73 Å². The lowest BCUT2D eigenvalue weighted by molar-refractivity contribution is -0.116. The zero-order valence-corrected chi connectivity index (χ0v) is 5.53. The van der Waals surface area contributed by atoms with E-state index >= 15 is 0 Å². The summed E-state index contributed by atoms with van der Waals surface area (Å²) in [6, 6.07) is -0.410. The molecule has 0 aromatic heterocycles. The quantitative estimate of drug-likeness (QED) is 0.532. The van der Waals surface area contributed by atoms with Crippen LogP contribution in [0, 0.1) is 6.92 Å². The fourth-order valence-corrected chi connectivity index (χ4v) is 0.578. The fraction of sp³-hybridized carbons (Fsp3) is 0.600. The van der Waals surface area contributed by atoms with E-state index in [9.17, 15) is 4.79 Å². The van der Waals surface area contributed by atoms with Crippen LogP contribution in [0.2, 0.25) is 0 Å². The molecule has 0 amide bonds. The molecular formula is C5H10NOS. The average Bonchev–Trinajstić information content (AvgIpc) is 1.67. The largest absolute Gasteiger partial charge is 0.321 e. The van der Waals surface area contributed by atoms with E-state index in [2.05, 4.69) is 19.6 Å². The molecule has 0 saturated carbocycles. The van der Waals surface area contributed by atoms with Gasteiger partial charge >= 0.3 is 0 Å². The maximum atomic E-state index is 10.3. The van der Waals surface area contributed by atoms with Crippen molar-refractivity contribution >= 4 is 18.4 Å². The number of nitrogens with two attached hydrogens (primary N) is 1. The Morgan fingerprint density at radius 2 is 2.38 bits per heavy atom. The molecule has 2 nitrogen and oxygen atoms in total. The predicted octanol–water partition coefficient (Wildman–Crippen LogP) is 0.0368. The molecule has 0 aliphatic heterocycles. The maximum absolute atomic E-state index is 10.3. The van der Waals surface area contributed by atoms with Gasteiger partial charge in [0.05, 0.1) is 6.04 Å². The normalized spacial score (nSPS) is 13.4. The van der Waals surface area contributed by atoms with Gasteiger partial charge in [0.15, 0.2) is 0 Å². The second-order valence-corrected chi connectivity index (χ2v) is 2.03. The number of thiol groups is 1. The highest BCUT2D eigenvalue weighted by Crippen LogP contribution is 1.90. The number of Topliss-reactive ketones (excluding diaryl/α,β-unsaturated/α-hetero) is 1. The topological polar surface area (TPSA) is 43.1 Å². The lowest BCUT2D eigenvalue weighted by Crippen LogP contribution is -2.28. The van der Waals surface area contributed by atoms with Crippen LogP contribution in [0.1, 0.15) is 6.42 Å². The van der Waals surface area contributed by atoms with Crippen LogP contribution in [0.25, 0.3) is 0 Å². The van der Waals surface area contributed by atoms with Gasteiger partial charge in [-0.15, -0.1) is 0 Å². The highest BCUT2D eigenvalue weighted by molar-refractivity contribution is 7.80. The third-order valence-electron chi connectivity index (χ3n) is 0.854. The molecule has 0 heterocycles. The van der Waals surface area contributed by atoms with Gasteiger partial charge in [0.25, 0.3) is 0 Å². The molecule has 0 aromatic rings. The first-order valence-corrected chi connectivity index (χ1v) is 3.04. The van der Waals surface area contributed by atoms with Crippen molar-refractivity contribution in [2.45, 2.75) is 12.5 Å². The number of rotatable bonds is 3. The molecule has 1 radical (unpaired) electrons. The molecule has 0 aliphatic rings. The summed E-state index contributed by atoms with van der Waals surface area (Å²) in [5.74, 6) is 0.432. The Kier molecular flexibility index (Phi) is 3.91. The number of hydrogen-bond acceptors (Lipinski definition) is 3. The second kappa shape index (κ2) is 3.92. The molecule has 0 fully saturated rings. The Hall–Kier alpha value is -0.0200. The summed E-state index contributed by atoms with van der Waals surface area (Å²) in [5.41, 5.74) is 5.27. The highest BCUT2D eigenvalue weighted by atomic mass is 32.1. The Balaban J connectivity index is 3.32. The van der Waals surface area contributed by atoms with Crippen molar-refractivity contribution in [3.8, 4) is 0 Å². The van der Waals surface area contributed by atoms with Gasteiger partial charge in [-0.25, -0.2) is 0 Å². The van der Waals surface area contributed by atoms with Crippen LogP contribution in [0.5, 0.6) is 0 Å². The first kappa shape index (κ1) is 7.98. The SMILES string of the molecule is [CH2]C(=O)[C@@H](N)CCS. The third-order valence-corrected chi connectivity index (χ3v) is 1.11. The molecule has 0 unspecified atom stereocenters. The zero-order chi connectivity index (χ0) is 6.57. The van der Waals surface area contributed by atoms with Crippen molar-refractivity contribution in [1.82, 2.24) is 0 Å². The summed E-state index contributed by atoms with van der Waals surface area (Å²) in [7, 11) is 0. The Morgan fingerprint density at radius 3 is 2.50 bits per heavy atom. The van der Waals surface area contributed by atoms with E-state index in [1.807, 2.05) is 0 Å². The molecule has 1 atom stereocenters. The van der Waals surface area contributed by atoms with Crippen LogP contribution in [0.3, 0.4) is 0 Å². The van der Waals surface area contributed by atoms with Gasteiger partial charge in [-0.1, -0.05) is 0 Å². The van der Waals surface area contributed by atoms with Crippen LogP contribution < -0.4 is 5.73 Å². The first-order chi connectivity index (χ1) is 3.68. The van der Waals surface area contributed by atoms with Gasteiger partial charge in [0.1, 0.15) is 5.78 Å². The fourth-order valence-electron chi connectivity index (χ4n) is 0.300. The van der Waals surface area contributed by atoms with Crippen molar-refractivity contribution in [3.05, 3.63) is 6.92 Å². The number of ketones is 1. The Labute approximate surface area is 54.9 Å². The van der Waals surface area contributed by atoms with Crippen molar-refractivity contribution in [2.75, 3.05) is 5.75 Å². The van der Waals surface area contributed by atoms with E-state index in [-0.39, 0.29) is 5.78 Å². The first-order valence-electron chi connectivity index (χ1n) is 2.40. The summed E-state index contributed by atoms with van der Waals surface area (Å²) >= 11 is 3.89. The molecule has 0 aromatic carbocycles. The average molecular weight is 132 g/mol. The smallest absolute Gasteiger partial charge is 0.149 e. The third kappa shape index (κ3) is 3.04. The standard InChI is InChI=1S/C5H10NOS/c1-4(7)5(6)2-3-8/h5,8H,1-3,6H2/t5-/m0/s1. The highest BCUT2D eigenvalue weighted by Gasteiger charge is 2.04. The summed E-state index contributed by atoms with van der Waals surface area (Å²) in [6.07, 6.45) is 0.617. The van der Waals surface area contributed by atoms with Crippen molar-refractivity contribution in [3.63, 3.8) is 0 Å². The van der Waals surface area contributed by atoms with Crippen molar-refractivity contribution in [1.29, 1.82) is 0 Å². The molecule has 0 rings (SSSR count). The molecule has 0 spiro atoms. The molecular weight excluding hydrogens is 122 g/mol. The van der Waals surface area contributed by atoms with Crippen LogP contribution in [-0.4, -0.2) is 17.6 Å². The summed E-state index contributed by atoms with van der Waals surface area (Å²) in [6.45, 7) is 3.16. The van der Waals surface area contributed by atoms with Gasteiger partial charge in [0, 0.05) is 6.92 Å². The molecule has 0 saturated heterocycles. The van der Waals surface area contributed by atoms with Crippen LogP contribution in [0.4, 0.5) is 0 Å². The minimum atomic E-state index is -0.410. The van der Waals surface area contributed by atoms with Crippen molar-refractivity contribution in [2.24, 2.45) is 5.73 Å². The lowest BCUT2D eigenvalue weighted by atomic mass is 10.2. The second-order valence-electron chi connectivity index (χ2n) is 1.59. The summed E-state index contributed by atoms with van der Waals surface area (Å²) < 4.78 is 0. The van der Waals surface area contributed by atoms with Gasteiger partial charge in [-0.2, -0.15) is 12.6 Å². The van der Waals surface area contributed by atoms with E-state index in [1.54, 1.807) is 0 Å². The molecule has 8 heavy (non-hydrogen) atoms. The van der Waals surface area contributed by atoms with Gasteiger partial charge in [-0.3, -0.25) is 4.79 Å². The molecule has 3 heteroatoms. The Bertz CT molecular complexity index is 84.5. The van der Waals surface area contributed by atoms with E-state index < -0.39 is 6.04 Å². The van der Waals surface area contributed by atoms with E-state index in [0.717, 1.165) is 0 Å². The van der Waals surface area contributed by atoms with Gasteiger partial charge in [-0.05, 0) is 12.2 Å². The van der Waals surface area contributed by atoms with Crippen LogP contribution in [0.15, 0.2) is 0 Å². The molecule has 47 valence electrons. The summed E-state index contributed by atoms with van der Waals surface area (Å²) in [5, 5.41) is 0. The lowest BCUT2D eigenvalue weighted by Gasteiger charge is -2.01. The van der Waals surface area contributed by atoms with Gasteiger partial charge in [0.2, 0.25) is 0 Å². The van der Waals surface area contributed by atoms with Crippen LogP contribution in [-0.2, 0) is 4.79 Å². The van der Waals surface area contributed by atoms with Crippen molar-refractivity contribution < 1.29 is 4.79 Å². The van der Waals surface area contributed by atoms with E-state index in [1.165, 1.54) is 0 Å².